The monoisotopic (exact) mass is 527 g/mol. The summed E-state index contributed by atoms with van der Waals surface area (Å²) in [6, 6.07) is 1.88. The smallest absolute Gasteiger partial charge is 0.303 e. The standard InChI is InChI=1S/C33H57N3O2/c1-3-30-29-31(4-2)36-33(35-30)34-28-26-24-22-20-18-16-14-12-10-8-6-5-7-9-11-13-15-17-19-21-23-25-27-32(37)38/h3-4,29H,1-2,5-28H2,(H,37,38)(H,34,35,36). The van der Waals surface area contributed by atoms with Crippen LogP contribution in [0.3, 0.4) is 0 Å². The van der Waals surface area contributed by atoms with Gasteiger partial charge in [0, 0.05) is 13.0 Å². The van der Waals surface area contributed by atoms with Gasteiger partial charge >= 0.3 is 5.97 Å². The van der Waals surface area contributed by atoms with Crippen molar-refractivity contribution < 1.29 is 9.90 Å². The lowest BCUT2D eigenvalue weighted by molar-refractivity contribution is -0.137. The van der Waals surface area contributed by atoms with Gasteiger partial charge in [-0.3, -0.25) is 4.79 Å². The molecule has 0 amide bonds. The van der Waals surface area contributed by atoms with Gasteiger partial charge in [-0.15, -0.1) is 0 Å². The quantitative estimate of drug-likeness (QED) is 0.106. The number of unbranched alkanes of at least 4 members (excludes halogenated alkanes) is 21. The molecule has 216 valence electrons. The zero-order valence-corrected chi connectivity index (χ0v) is 24.4. The van der Waals surface area contributed by atoms with Crippen molar-refractivity contribution in [3.05, 3.63) is 30.6 Å². The zero-order chi connectivity index (χ0) is 27.5. The highest BCUT2D eigenvalue weighted by Crippen LogP contribution is 2.15. The maximum Gasteiger partial charge on any atom is 0.303 e. The minimum Gasteiger partial charge on any atom is -0.481 e. The first kappa shape index (κ1) is 33.9. The van der Waals surface area contributed by atoms with Gasteiger partial charge < -0.3 is 10.4 Å². The predicted octanol–water partition coefficient (Wildman–Crippen LogP) is 10.2. The average Bonchev–Trinajstić information content (AvgIpc) is 2.92. The van der Waals surface area contributed by atoms with Crippen LogP contribution in [0.15, 0.2) is 19.2 Å². The third kappa shape index (κ3) is 20.8. The van der Waals surface area contributed by atoms with Crippen molar-refractivity contribution in [2.45, 2.75) is 148 Å². The molecule has 0 radical (unpaired) electrons. The summed E-state index contributed by atoms with van der Waals surface area (Å²) in [7, 11) is 0. The zero-order valence-electron chi connectivity index (χ0n) is 24.4. The summed E-state index contributed by atoms with van der Waals surface area (Å²) >= 11 is 0. The van der Waals surface area contributed by atoms with Crippen LogP contribution in [-0.4, -0.2) is 27.6 Å². The van der Waals surface area contributed by atoms with Crippen molar-refractivity contribution in [1.82, 2.24) is 9.97 Å². The molecule has 0 aliphatic rings. The van der Waals surface area contributed by atoms with Crippen molar-refractivity contribution in [1.29, 1.82) is 0 Å². The largest absolute Gasteiger partial charge is 0.481 e. The first-order valence-corrected chi connectivity index (χ1v) is 15.8. The molecule has 0 saturated heterocycles. The fraction of sp³-hybridized carbons (Fsp3) is 0.727. The molecule has 0 aromatic carbocycles. The summed E-state index contributed by atoms with van der Waals surface area (Å²) in [4.78, 5) is 19.3. The number of carboxylic acid groups (broad SMARTS) is 1. The Bertz CT molecular complexity index is 709. The lowest BCUT2D eigenvalue weighted by Gasteiger charge is -2.07. The summed E-state index contributed by atoms with van der Waals surface area (Å²) < 4.78 is 0. The highest BCUT2D eigenvalue weighted by atomic mass is 16.4. The molecule has 0 atom stereocenters. The van der Waals surface area contributed by atoms with Crippen LogP contribution < -0.4 is 5.32 Å². The van der Waals surface area contributed by atoms with E-state index in [9.17, 15) is 4.79 Å². The van der Waals surface area contributed by atoms with Gasteiger partial charge in [-0.1, -0.05) is 142 Å². The van der Waals surface area contributed by atoms with Crippen molar-refractivity contribution in [3.63, 3.8) is 0 Å². The van der Waals surface area contributed by atoms with Crippen molar-refractivity contribution >= 4 is 24.1 Å². The Kier molecular flexibility index (Phi) is 22.4. The Morgan fingerprint density at radius 2 is 0.921 bits per heavy atom. The second kappa shape index (κ2) is 25.1. The number of hydrogen-bond acceptors (Lipinski definition) is 4. The molecule has 0 unspecified atom stereocenters. The third-order valence-electron chi connectivity index (χ3n) is 7.28. The normalized spacial score (nSPS) is 10.9. The van der Waals surface area contributed by atoms with E-state index in [1.165, 1.54) is 122 Å². The Morgan fingerprint density at radius 1 is 0.605 bits per heavy atom. The molecule has 0 spiro atoms. The topological polar surface area (TPSA) is 75.1 Å². The number of rotatable bonds is 28. The van der Waals surface area contributed by atoms with Gasteiger partial charge in [0.15, 0.2) is 0 Å². The number of anilines is 1. The third-order valence-corrected chi connectivity index (χ3v) is 7.28. The van der Waals surface area contributed by atoms with E-state index in [1.54, 1.807) is 12.2 Å². The maximum absolute atomic E-state index is 10.5. The number of carbonyl (C=O) groups is 1. The fourth-order valence-corrected chi connectivity index (χ4v) is 4.91. The Morgan fingerprint density at radius 3 is 1.24 bits per heavy atom. The van der Waals surface area contributed by atoms with E-state index < -0.39 is 5.97 Å². The molecule has 0 fully saturated rings. The highest BCUT2D eigenvalue weighted by molar-refractivity contribution is 5.66. The summed E-state index contributed by atoms with van der Waals surface area (Å²) in [5.74, 6) is 0.0121. The summed E-state index contributed by atoms with van der Waals surface area (Å²) in [6.07, 6.45) is 32.8. The van der Waals surface area contributed by atoms with E-state index in [2.05, 4.69) is 28.4 Å². The first-order valence-electron chi connectivity index (χ1n) is 15.8. The van der Waals surface area contributed by atoms with E-state index in [0.717, 1.165) is 37.2 Å². The Balaban J connectivity index is 1.75. The number of carboxylic acids is 1. The van der Waals surface area contributed by atoms with E-state index in [1.807, 2.05) is 6.07 Å². The number of nitrogens with zero attached hydrogens (tertiary/aromatic N) is 2. The van der Waals surface area contributed by atoms with Gasteiger partial charge in [0.2, 0.25) is 5.95 Å². The van der Waals surface area contributed by atoms with Crippen LogP contribution in [0.1, 0.15) is 159 Å². The minimum absolute atomic E-state index is 0.336. The van der Waals surface area contributed by atoms with Crippen molar-refractivity contribution in [2.24, 2.45) is 0 Å². The van der Waals surface area contributed by atoms with Crippen molar-refractivity contribution in [3.8, 4) is 0 Å². The molecular weight excluding hydrogens is 470 g/mol. The molecule has 0 saturated carbocycles. The van der Waals surface area contributed by atoms with Gasteiger partial charge in [-0.2, -0.15) is 0 Å². The SMILES string of the molecule is C=Cc1cc(C=C)nc(NCCCCCCCCCCCCCCCCCCCCCCCCC(=O)O)n1. The van der Waals surface area contributed by atoms with Crippen LogP contribution in [0.4, 0.5) is 5.95 Å². The maximum atomic E-state index is 10.5. The number of hydrogen-bond donors (Lipinski definition) is 2. The van der Waals surface area contributed by atoms with Crippen LogP contribution in [0.5, 0.6) is 0 Å². The summed E-state index contributed by atoms with van der Waals surface area (Å²) in [5.41, 5.74) is 1.66. The number of aromatic nitrogens is 2. The summed E-state index contributed by atoms with van der Waals surface area (Å²) in [6.45, 7) is 8.48. The lowest BCUT2D eigenvalue weighted by Crippen LogP contribution is -2.06. The fourth-order valence-electron chi connectivity index (χ4n) is 4.91. The number of nitrogens with one attached hydrogen (secondary N) is 1. The van der Waals surface area contributed by atoms with Crippen LogP contribution >= 0.6 is 0 Å². The molecule has 0 aliphatic heterocycles. The van der Waals surface area contributed by atoms with Gasteiger partial charge in [0.05, 0.1) is 11.4 Å². The molecule has 5 nitrogen and oxygen atoms in total. The molecule has 5 heteroatoms. The van der Waals surface area contributed by atoms with E-state index in [-0.39, 0.29) is 0 Å². The second-order valence-corrected chi connectivity index (χ2v) is 10.8. The highest BCUT2D eigenvalue weighted by Gasteiger charge is 2.01. The number of aliphatic carboxylic acids is 1. The molecule has 0 aliphatic carbocycles. The Labute approximate surface area is 234 Å². The van der Waals surface area contributed by atoms with Gasteiger partial charge in [0.1, 0.15) is 0 Å². The molecule has 1 aromatic rings. The molecule has 38 heavy (non-hydrogen) atoms. The molecule has 0 bridgehead atoms. The van der Waals surface area contributed by atoms with Gasteiger partial charge in [0.25, 0.3) is 0 Å². The lowest BCUT2D eigenvalue weighted by atomic mass is 10.0. The average molecular weight is 528 g/mol. The first-order chi connectivity index (χ1) is 18.7. The second-order valence-electron chi connectivity index (χ2n) is 10.8. The van der Waals surface area contributed by atoms with E-state index >= 15 is 0 Å². The van der Waals surface area contributed by atoms with Crippen LogP contribution in [0.2, 0.25) is 0 Å². The van der Waals surface area contributed by atoms with E-state index in [0.29, 0.717) is 12.4 Å². The van der Waals surface area contributed by atoms with Gasteiger partial charge in [-0.25, -0.2) is 9.97 Å². The van der Waals surface area contributed by atoms with Crippen LogP contribution in [-0.2, 0) is 4.79 Å². The van der Waals surface area contributed by atoms with E-state index in [4.69, 9.17) is 5.11 Å². The van der Waals surface area contributed by atoms with Crippen LogP contribution in [0.25, 0.3) is 12.2 Å². The summed E-state index contributed by atoms with van der Waals surface area (Å²) in [5, 5.41) is 12.0. The molecule has 2 N–H and O–H groups in total. The predicted molar refractivity (Wildman–Crippen MR) is 165 cm³/mol. The van der Waals surface area contributed by atoms with Crippen molar-refractivity contribution in [2.75, 3.05) is 11.9 Å². The van der Waals surface area contributed by atoms with Crippen LogP contribution in [0, 0.1) is 0 Å². The molecule has 1 heterocycles. The minimum atomic E-state index is -0.658. The molecular formula is C33H57N3O2. The molecule has 1 rings (SSSR count). The Hall–Kier alpha value is -2.17. The van der Waals surface area contributed by atoms with Gasteiger partial charge in [-0.05, 0) is 31.1 Å². The molecule has 1 aromatic heterocycles.